The predicted octanol–water partition coefficient (Wildman–Crippen LogP) is 3.25. The molecule has 6 heteroatoms. The number of hydrogen-bond donors (Lipinski definition) is 1. The van der Waals surface area contributed by atoms with Crippen molar-refractivity contribution in [3.05, 3.63) is 75.9 Å². The van der Waals surface area contributed by atoms with E-state index in [1.54, 1.807) is 10.9 Å². The number of rotatable bonds is 5. The molecule has 1 aliphatic heterocycles. The quantitative estimate of drug-likeness (QED) is 0.664. The van der Waals surface area contributed by atoms with Crippen molar-refractivity contribution in [2.75, 3.05) is 6.54 Å². The van der Waals surface area contributed by atoms with Crippen LogP contribution in [-0.4, -0.2) is 33.2 Å². The molecule has 0 bridgehead atoms. The highest BCUT2D eigenvalue weighted by atomic mass is 35.5. The zero-order chi connectivity index (χ0) is 20.5. The monoisotopic (exact) mass is 404 g/mol. The van der Waals surface area contributed by atoms with Crippen molar-refractivity contribution >= 4 is 17.5 Å². The maximum Gasteiger partial charge on any atom is 0.254 e. The van der Waals surface area contributed by atoms with Gasteiger partial charge in [-0.15, -0.1) is 6.42 Å². The Balaban J connectivity index is 1.60. The molecule has 0 spiro atoms. The smallest absolute Gasteiger partial charge is 0.254 e. The zero-order valence-electron chi connectivity index (χ0n) is 16.1. The molecule has 4 rings (SSSR count). The molecule has 146 valence electrons. The van der Waals surface area contributed by atoms with E-state index < -0.39 is 0 Å². The van der Waals surface area contributed by atoms with Crippen LogP contribution in [-0.2, 0) is 20.0 Å². The summed E-state index contributed by atoms with van der Waals surface area (Å²) in [6.45, 7) is 0.897. The standard InChI is InChI=1S/C23H21ClN4O/c1-3-15-5-4-6-16(9-15)10-19(12-25)28-14-18-11-17(7-8-20(18)23(28)29)22-21(24)13-26-27(22)2/h1,4-9,11,13,19H,10,12,14,25H2,2H3/t19-/m0/s1. The number of nitrogens with zero attached hydrogens (tertiary/aromatic N) is 3. The summed E-state index contributed by atoms with van der Waals surface area (Å²) >= 11 is 6.28. The SMILES string of the molecule is C#Cc1cccc(C[C@@H](CN)N2Cc3cc(-c4c(Cl)cnn4C)ccc3C2=O)c1. The number of nitrogens with two attached hydrogens (primary N) is 1. The number of benzene rings is 2. The lowest BCUT2D eigenvalue weighted by atomic mass is 10.0. The maximum absolute atomic E-state index is 13.0. The Morgan fingerprint density at radius 1 is 1.31 bits per heavy atom. The van der Waals surface area contributed by atoms with Gasteiger partial charge in [0.05, 0.1) is 16.9 Å². The second-order valence-corrected chi connectivity index (χ2v) is 7.62. The summed E-state index contributed by atoms with van der Waals surface area (Å²) in [6.07, 6.45) is 7.78. The number of amides is 1. The van der Waals surface area contributed by atoms with Crippen LogP contribution >= 0.6 is 11.6 Å². The molecule has 0 fully saturated rings. The molecule has 0 unspecified atom stereocenters. The highest BCUT2D eigenvalue weighted by Crippen LogP contribution is 2.32. The van der Waals surface area contributed by atoms with Gasteiger partial charge in [-0.2, -0.15) is 5.10 Å². The minimum Gasteiger partial charge on any atom is -0.330 e. The van der Waals surface area contributed by atoms with Gasteiger partial charge >= 0.3 is 0 Å². The molecule has 3 aromatic rings. The van der Waals surface area contributed by atoms with Crippen LogP contribution in [0.5, 0.6) is 0 Å². The average Bonchev–Trinajstić information content (AvgIpc) is 3.24. The van der Waals surface area contributed by atoms with Gasteiger partial charge in [-0.3, -0.25) is 9.48 Å². The molecule has 1 amide bonds. The number of hydrogen-bond acceptors (Lipinski definition) is 3. The first-order chi connectivity index (χ1) is 14.0. The Bertz CT molecular complexity index is 1110. The third-order valence-corrected chi connectivity index (χ3v) is 5.66. The molecular weight excluding hydrogens is 384 g/mol. The fraction of sp³-hybridized carbons (Fsp3) is 0.217. The molecule has 0 saturated carbocycles. The largest absolute Gasteiger partial charge is 0.330 e. The predicted molar refractivity (Wildman–Crippen MR) is 114 cm³/mol. The molecular formula is C23H21ClN4O. The minimum atomic E-state index is -0.105. The average molecular weight is 405 g/mol. The van der Waals surface area contributed by atoms with E-state index in [9.17, 15) is 4.79 Å². The first kappa shape index (κ1) is 19.3. The lowest BCUT2D eigenvalue weighted by molar-refractivity contribution is 0.0708. The van der Waals surface area contributed by atoms with Crippen molar-refractivity contribution in [3.8, 4) is 23.6 Å². The van der Waals surface area contributed by atoms with Crippen LogP contribution in [0.25, 0.3) is 11.3 Å². The Labute approximate surface area is 175 Å². The van der Waals surface area contributed by atoms with Gasteiger partial charge in [0, 0.05) is 42.9 Å². The summed E-state index contributed by atoms with van der Waals surface area (Å²) in [6, 6.07) is 13.5. The van der Waals surface area contributed by atoms with Gasteiger partial charge in [0.2, 0.25) is 0 Å². The minimum absolute atomic E-state index is 0.00575. The number of fused-ring (bicyclic) bond motifs is 1. The van der Waals surface area contributed by atoms with Crippen molar-refractivity contribution in [3.63, 3.8) is 0 Å². The lowest BCUT2D eigenvalue weighted by Gasteiger charge is -2.27. The number of aryl methyl sites for hydroxylation is 1. The van der Waals surface area contributed by atoms with E-state index in [-0.39, 0.29) is 11.9 Å². The molecule has 29 heavy (non-hydrogen) atoms. The number of carbonyl (C=O) groups excluding carboxylic acids is 1. The summed E-state index contributed by atoms with van der Waals surface area (Å²) in [5.74, 6) is 2.66. The molecule has 1 aliphatic rings. The molecule has 2 heterocycles. The normalized spacial score (nSPS) is 14.0. The summed E-state index contributed by atoms with van der Waals surface area (Å²) in [5.41, 5.74) is 11.4. The first-order valence-electron chi connectivity index (χ1n) is 9.39. The van der Waals surface area contributed by atoms with Gasteiger partial charge < -0.3 is 10.6 Å². The molecule has 5 nitrogen and oxygen atoms in total. The summed E-state index contributed by atoms with van der Waals surface area (Å²) in [7, 11) is 1.85. The number of aromatic nitrogens is 2. The van der Waals surface area contributed by atoms with Crippen LogP contribution in [0.2, 0.25) is 5.02 Å². The Morgan fingerprint density at radius 2 is 2.14 bits per heavy atom. The van der Waals surface area contributed by atoms with Crippen molar-refractivity contribution in [1.82, 2.24) is 14.7 Å². The molecule has 0 saturated heterocycles. The number of carbonyl (C=O) groups is 1. The maximum atomic E-state index is 13.0. The van der Waals surface area contributed by atoms with Crippen molar-refractivity contribution in [1.29, 1.82) is 0 Å². The van der Waals surface area contributed by atoms with Gasteiger partial charge in [-0.25, -0.2) is 0 Å². The van der Waals surface area contributed by atoms with Gasteiger partial charge in [-0.1, -0.05) is 35.7 Å². The Morgan fingerprint density at radius 3 is 2.83 bits per heavy atom. The summed E-state index contributed by atoms with van der Waals surface area (Å²) in [4.78, 5) is 14.9. The van der Waals surface area contributed by atoms with Crippen LogP contribution in [0, 0.1) is 12.3 Å². The van der Waals surface area contributed by atoms with E-state index in [0.717, 1.165) is 27.9 Å². The second-order valence-electron chi connectivity index (χ2n) is 7.21. The zero-order valence-corrected chi connectivity index (χ0v) is 16.9. The van der Waals surface area contributed by atoms with Gasteiger partial charge in [-0.05, 0) is 41.8 Å². The van der Waals surface area contributed by atoms with Gasteiger partial charge in [0.15, 0.2) is 0 Å². The highest BCUT2D eigenvalue weighted by Gasteiger charge is 2.32. The molecule has 1 atom stereocenters. The van der Waals surface area contributed by atoms with E-state index in [0.29, 0.717) is 30.1 Å². The lowest BCUT2D eigenvalue weighted by Crippen LogP contribution is -2.42. The topological polar surface area (TPSA) is 64.2 Å². The van der Waals surface area contributed by atoms with Crippen molar-refractivity contribution < 1.29 is 4.79 Å². The molecule has 2 N–H and O–H groups in total. The second kappa shape index (κ2) is 7.75. The van der Waals surface area contributed by atoms with E-state index >= 15 is 0 Å². The van der Waals surface area contributed by atoms with Crippen LogP contribution in [0.3, 0.4) is 0 Å². The molecule has 2 aromatic carbocycles. The summed E-state index contributed by atoms with van der Waals surface area (Å²) in [5, 5.41) is 4.78. The van der Waals surface area contributed by atoms with Crippen LogP contribution < -0.4 is 5.73 Å². The van der Waals surface area contributed by atoms with Crippen molar-refractivity contribution in [2.24, 2.45) is 12.8 Å². The molecule has 0 radical (unpaired) electrons. The van der Waals surface area contributed by atoms with Crippen LogP contribution in [0.15, 0.2) is 48.7 Å². The molecule has 0 aliphatic carbocycles. The van der Waals surface area contributed by atoms with E-state index in [1.165, 1.54) is 0 Å². The first-order valence-corrected chi connectivity index (χ1v) is 9.77. The fourth-order valence-corrected chi connectivity index (χ4v) is 4.18. The summed E-state index contributed by atoms with van der Waals surface area (Å²) < 4.78 is 1.74. The third-order valence-electron chi connectivity index (χ3n) is 5.38. The number of halogens is 1. The number of terminal acetylenes is 1. The van der Waals surface area contributed by atoms with Crippen LogP contribution in [0.1, 0.15) is 27.0 Å². The molecule has 1 aromatic heterocycles. The van der Waals surface area contributed by atoms with E-state index in [1.807, 2.05) is 54.4 Å². The highest BCUT2D eigenvalue weighted by molar-refractivity contribution is 6.33. The van der Waals surface area contributed by atoms with Gasteiger partial charge in [0.1, 0.15) is 0 Å². The third kappa shape index (κ3) is 3.53. The van der Waals surface area contributed by atoms with Crippen LogP contribution in [0.4, 0.5) is 0 Å². The van der Waals surface area contributed by atoms with E-state index in [2.05, 4.69) is 11.0 Å². The Kier molecular flexibility index (Phi) is 5.14. The fourth-order valence-electron chi connectivity index (χ4n) is 3.90. The van der Waals surface area contributed by atoms with Crippen molar-refractivity contribution in [2.45, 2.75) is 19.0 Å². The van der Waals surface area contributed by atoms with E-state index in [4.69, 9.17) is 23.8 Å². The van der Waals surface area contributed by atoms with Gasteiger partial charge in [0.25, 0.3) is 5.91 Å². The Hall–Kier alpha value is -3.07.